The molecular weight excluding hydrogens is 741 g/mol. The van der Waals surface area contributed by atoms with Crippen LogP contribution in [-0.2, 0) is 0 Å². The number of furan rings is 1. The Kier molecular flexibility index (Phi) is 9.01. The Hall–Kier alpha value is -7.75. The lowest BCUT2D eigenvalue weighted by atomic mass is 9.91. The average Bonchev–Trinajstić information content (AvgIpc) is 3.86. The van der Waals surface area contributed by atoms with Crippen molar-refractivity contribution in [3.05, 3.63) is 229 Å². The standard InChI is InChI=1S/C58H42N2O/c1-38-15-12-13-22-48(38)58(44-27-25-43(26-28-44)40-16-6-3-7-17-40)59-39(2)49-23-14-24-55-57(49)52-34-31-47(37-56(52)61-55)60-53-35-45(41-18-8-4-9-19-41)29-32-50(53)51-33-30-46(36-54(51)60)42-20-10-5-11-21-42/h3-38H,1-2H3/b58-48-,59-39?. The maximum atomic E-state index is 6.77. The van der Waals surface area contributed by atoms with Gasteiger partial charge in [-0.3, -0.25) is 4.99 Å². The predicted octanol–water partition coefficient (Wildman–Crippen LogP) is 15.7. The van der Waals surface area contributed by atoms with Crippen LogP contribution in [0, 0.1) is 5.92 Å². The fourth-order valence-corrected chi connectivity index (χ4v) is 9.09. The van der Waals surface area contributed by atoms with E-state index in [0.29, 0.717) is 0 Å². The summed E-state index contributed by atoms with van der Waals surface area (Å²) in [6, 6.07) is 67.3. The highest BCUT2D eigenvalue weighted by atomic mass is 16.3. The second-order valence-electron chi connectivity index (χ2n) is 16.0. The zero-order valence-electron chi connectivity index (χ0n) is 34.1. The fraction of sp³-hybridized carbons (Fsp3) is 0.0517. The summed E-state index contributed by atoms with van der Waals surface area (Å²) >= 11 is 0. The first-order valence-electron chi connectivity index (χ1n) is 21.0. The highest BCUT2D eigenvalue weighted by Crippen LogP contribution is 2.40. The summed E-state index contributed by atoms with van der Waals surface area (Å²) in [7, 11) is 0. The lowest BCUT2D eigenvalue weighted by Gasteiger charge is -2.17. The van der Waals surface area contributed by atoms with E-state index in [1.54, 1.807) is 0 Å². The highest BCUT2D eigenvalue weighted by Gasteiger charge is 2.20. The van der Waals surface area contributed by atoms with Crippen molar-refractivity contribution in [2.45, 2.75) is 13.8 Å². The molecule has 2 aromatic heterocycles. The molecule has 10 aromatic rings. The smallest absolute Gasteiger partial charge is 0.137 e. The van der Waals surface area contributed by atoms with E-state index in [2.05, 4.69) is 231 Å². The van der Waals surface area contributed by atoms with Gasteiger partial charge in [0.1, 0.15) is 11.2 Å². The SMILES string of the molecule is CC(=N/C(=C1/C=CC=CC1C)c1ccc(-c2ccccc2)cc1)c1cccc2oc3cc(-n4c5cc(-c6ccccc6)ccc5c5ccc(-c6ccccc6)cc54)ccc3c12. The molecule has 0 amide bonds. The molecule has 0 aliphatic heterocycles. The van der Waals surface area contributed by atoms with Crippen molar-refractivity contribution in [3.8, 4) is 39.1 Å². The third kappa shape index (κ3) is 6.52. The summed E-state index contributed by atoms with van der Waals surface area (Å²) < 4.78 is 9.17. The van der Waals surface area contributed by atoms with E-state index < -0.39 is 0 Å². The topological polar surface area (TPSA) is 30.4 Å². The van der Waals surface area contributed by atoms with Gasteiger partial charge in [-0.2, -0.15) is 0 Å². The monoisotopic (exact) mass is 782 g/mol. The molecule has 1 aliphatic rings. The van der Waals surface area contributed by atoms with Gasteiger partial charge in [0.05, 0.1) is 16.7 Å². The minimum Gasteiger partial charge on any atom is -0.456 e. The summed E-state index contributed by atoms with van der Waals surface area (Å²) in [4.78, 5) is 5.49. The molecule has 0 radical (unpaired) electrons. The first kappa shape index (κ1) is 36.3. The number of rotatable bonds is 7. The third-order valence-electron chi connectivity index (χ3n) is 12.2. The Morgan fingerprint density at radius 3 is 1.67 bits per heavy atom. The van der Waals surface area contributed by atoms with Gasteiger partial charge in [-0.25, -0.2) is 0 Å². The van der Waals surface area contributed by atoms with Crippen LogP contribution in [-0.4, -0.2) is 10.3 Å². The molecule has 11 rings (SSSR count). The Morgan fingerprint density at radius 1 is 0.508 bits per heavy atom. The molecule has 3 nitrogen and oxygen atoms in total. The number of hydrogen-bond donors (Lipinski definition) is 0. The molecule has 61 heavy (non-hydrogen) atoms. The van der Waals surface area contributed by atoms with E-state index in [1.807, 2.05) is 0 Å². The fourth-order valence-electron chi connectivity index (χ4n) is 9.09. The Balaban J connectivity index is 1.06. The highest BCUT2D eigenvalue weighted by molar-refractivity contribution is 6.19. The lowest BCUT2D eigenvalue weighted by Crippen LogP contribution is -2.03. The second-order valence-corrected chi connectivity index (χ2v) is 16.0. The Bertz CT molecular complexity index is 3300. The summed E-state index contributed by atoms with van der Waals surface area (Å²) in [5.41, 5.74) is 17.4. The molecule has 0 spiro atoms. The molecule has 290 valence electrons. The van der Waals surface area contributed by atoms with Crippen LogP contribution in [0.4, 0.5) is 0 Å². The first-order chi connectivity index (χ1) is 30.1. The second kappa shape index (κ2) is 15.1. The van der Waals surface area contributed by atoms with E-state index in [4.69, 9.17) is 9.41 Å². The van der Waals surface area contributed by atoms with Crippen LogP contribution in [0.15, 0.2) is 227 Å². The lowest BCUT2D eigenvalue weighted by molar-refractivity contribution is 0.668. The molecule has 0 N–H and O–H groups in total. The normalized spacial score (nSPS) is 15.0. The van der Waals surface area contributed by atoms with Gasteiger partial charge in [0.15, 0.2) is 0 Å². The van der Waals surface area contributed by atoms with E-state index in [9.17, 15) is 0 Å². The summed E-state index contributed by atoms with van der Waals surface area (Å²) in [6.07, 6.45) is 8.68. The van der Waals surface area contributed by atoms with Gasteiger partial charge < -0.3 is 8.98 Å². The van der Waals surface area contributed by atoms with Gasteiger partial charge in [-0.15, -0.1) is 0 Å². The van der Waals surface area contributed by atoms with Gasteiger partial charge in [0.2, 0.25) is 0 Å². The Morgan fingerprint density at radius 2 is 1.07 bits per heavy atom. The van der Waals surface area contributed by atoms with Gasteiger partial charge in [-0.05, 0) is 76.2 Å². The van der Waals surface area contributed by atoms with E-state index in [-0.39, 0.29) is 5.92 Å². The zero-order chi connectivity index (χ0) is 40.9. The molecule has 0 saturated heterocycles. The summed E-state index contributed by atoms with van der Waals surface area (Å²) in [5, 5.41) is 4.56. The maximum Gasteiger partial charge on any atom is 0.137 e. The minimum absolute atomic E-state index is 0.225. The average molecular weight is 783 g/mol. The van der Waals surface area contributed by atoms with Crippen LogP contribution in [0.3, 0.4) is 0 Å². The number of benzene rings is 8. The van der Waals surface area contributed by atoms with Gasteiger partial charge >= 0.3 is 0 Å². The van der Waals surface area contributed by atoms with Crippen LogP contribution in [0.2, 0.25) is 0 Å². The number of allylic oxidation sites excluding steroid dienone is 5. The van der Waals surface area contributed by atoms with Gasteiger partial charge in [0, 0.05) is 56.1 Å². The molecular formula is C58H42N2O. The third-order valence-corrected chi connectivity index (χ3v) is 12.2. The quantitative estimate of drug-likeness (QED) is 0.148. The van der Waals surface area contributed by atoms with E-state index >= 15 is 0 Å². The Labute approximate surface area is 355 Å². The summed E-state index contributed by atoms with van der Waals surface area (Å²) in [6.45, 7) is 4.36. The molecule has 0 fully saturated rings. The van der Waals surface area contributed by atoms with Crippen molar-refractivity contribution in [2.24, 2.45) is 10.9 Å². The van der Waals surface area contributed by atoms with Gasteiger partial charge in [-0.1, -0.05) is 183 Å². The number of aromatic nitrogens is 1. The number of fused-ring (bicyclic) bond motifs is 6. The predicted molar refractivity (Wildman–Crippen MR) is 257 cm³/mol. The zero-order valence-corrected chi connectivity index (χ0v) is 34.1. The maximum absolute atomic E-state index is 6.77. The molecule has 1 aliphatic carbocycles. The van der Waals surface area contributed by atoms with Crippen molar-refractivity contribution in [3.63, 3.8) is 0 Å². The van der Waals surface area contributed by atoms with Crippen molar-refractivity contribution < 1.29 is 4.42 Å². The molecule has 0 saturated carbocycles. The van der Waals surface area contributed by atoms with E-state index in [1.165, 1.54) is 49.7 Å². The van der Waals surface area contributed by atoms with Crippen LogP contribution in [0.25, 0.3) is 88.5 Å². The largest absolute Gasteiger partial charge is 0.456 e. The van der Waals surface area contributed by atoms with Crippen molar-refractivity contribution in [2.75, 3.05) is 0 Å². The van der Waals surface area contributed by atoms with E-state index in [0.717, 1.165) is 61.2 Å². The van der Waals surface area contributed by atoms with Crippen LogP contribution in [0.5, 0.6) is 0 Å². The van der Waals surface area contributed by atoms with Crippen molar-refractivity contribution in [1.29, 1.82) is 0 Å². The molecule has 1 unspecified atom stereocenters. The van der Waals surface area contributed by atoms with Crippen LogP contribution in [0.1, 0.15) is 25.0 Å². The molecule has 8 aromatic carbocycles. The van der Waals surface area contributed by atoms with Crippen LogP contribution < -0.4 is 0 Å². The molecule has 0 bridgehead atoms. The number of nitrogens with zero attached hydrogens (tertiary/aromatic N) is 2. The van der Waals surface area contributed by atoms with Crippen molar-refractivity contribution in [1.82, 2.24) is 4.57 Å². The number of aliphatic imine (C=N–C) groups is 1. The van der Waals surface area contributed by atoms with Crippen molar-refractivity contribution >= 4 is 55.2 Å². The minimum atomic E-state index is 0.225. The molecule has 1 atom stereocenters. The first-order valence-corrected chi connectivity index (χ1v) is 21.0. The summed E-state index contributed by atoms with van der Waals surface area (Å²) in [5.74, 6) is 0.225. The molecule has 3 heteroatoms. The number of hydrogen-bond acceptors (Lipinski definition) is 2. The van der Waals surface area contributed by atoms with Gasteiger partial charge in [0.25, 0.3) is 0 Å². The molecule has 2 heterocycles. The van der Waals surface area contributed by atoms with Crippen LogP contribution >= 0.6 is 0 Å².